The average Bonchev–Trinajstić information content (AvgIpc) is 2.94. The third kappa shape index (κ3) is 1.75. The molecule has 0 aromatic carbocycles. The summed E-state index contributed by atoms with van der Waals surface area (Å²) in [6, 6.07) is 0. The molecule has 1 aliphatic rings. The molecule has 4 atom stereocenters. The number of aliphatic hydroxyl groups is 3. The number of nitrogens with two attached hydrogens (primary N) is 1. The van der Waals surface area contributed by atoms with Crippen LogP contribution in [0.3, 0.4) is 0 Å². The molecule has 2 aromatic heterocycles. The predicted octanol–water partition coefficient (Wildman–Crippen LogP) is -1.98. The summed E-state index contributed by atoms with van der Waals surface area (Å²) in [6.07, 6.45) is -1.42. The lowest BCUT2D eigenvalue weighted by molar-refractivity contribution is -0.0511. The van der Waals surface area contributed by atoms with Gasteiger partial charge in [0.15, 0.2) is 17.7 Å². The zero-order chi connectivity index (χ0) is 13.6. The Hall–Kier alpha value is -1.81. The Morgan fingerprint density at radius 2 is 2.16 bits per heavy atom. The Morgan fingerprint density at radius 1 is 1.37 bits per heavy atom. The first-order valence-electron chi connectivity index (χ1n) is 5.69. The summed E-state index contributed by atoms with van der Waals surface area (Å²) in [5.41, 5.74) is 6.44. The molecule has 9 heteroatoms. The number of rotatable bonds is 2. The number of anilines is 1. The van der Waals surface area contributed by atoms with Crippen LogP contribution in [0.15, 0.2) is 12.7 Å². The molecule has 0 radical (unpaired) electrons. The maximum atomic E-state index is 9.95. The molecule has 1 saturated heterocycles. The van der Waals surface area contributed by atoms with Gasteiger partial charge in [0.1, 0.15) is 30.2 Å². The molecule has 0 aliphatic carbocycles. The van der Waals surface area contributed by atoms with E-state index in [4.69, 9.17) is 15.6 Å². The van der Waals surface area contributed by atoms with Gasteiger partial charge in [0.25, 0.3) is 0 Å². The van der Waals surface area contributed by atoms with Crippen LogP contribution in [0, 0.1) is 0 Å². The number of nitrogens with zero attached hydrogens (tertiary/aromatic N) is 4. The number of ether oxygens (including phenoxy) is 1. The molecule has 3 heterocycles. The molecule has 102 valence electrons. The van der Waals surface area contributed by atoms with Crippen molar-refractivity contribution in [3.8, 4) is 0 Å². The topological polar surface area (TPSA) is 140 Å². The van der Waals surface area contributed by atoms with E-state index in [1.54, 1.807) is 0 Å². The van der Waals surface area contributed by atoms with Crippen LogP contribution in [0.1, 0.15) is 6.23 Å². The van der Waals surface area contributed by atoms with Gasteiger partial charge >= 0.3 is 0 Å². The number of aliphatic hydroxyl groups excluding tert-OH is 3. The minimum atomic E-state index is -1.19. The number of hydrogen-bond acceptors (Lipinski definition) is 8. The van der Waals surface area contributed by atoms with Crippen molar-refractivity contribution in [1.82, 2.24) is 19.5 Å². The van der Waals surface area contributed by atoms with Crippen LogP contribution in [0.2, 0.25) is 0 Å². The maximum Gasteiger partial charge on any atom is 0.167 e. The van der Waals surface area contributed by atoms with E-state index in [0.29, 0.717) is 11.2 Å². The third-order valence-corrected chi connectivity index (χ3v) is 3.18. The Labute approximate surface area is 107 Å². The SMILES string of the molecule is Nc1ncnc2c1ncn2[14C@@H]1O[C@H](CO)[C@@H](O)[C@H]1O. The second-order valence-electron chi connectivity index (χ2n) is 4.31. The highest BCUT2D eigenvalue weighted by atomic mass is 16.8. The van der Waals surface area contributed by atoms with Gasteiger partial charge in [-0.2, -0.15) is 0 Å². The predicted molar refractivity (Wildman–Crippen MR) is 62.7 cm³/mol. The lowest BCUT2D eigenvalue weighted by atomic mass is 10.2. The van der Waals surface area contributed by atoms with Gasteiger partial charge < -0.3 is 25.8 Å². The molecule has 0 saturated carbocycles. The first-order chi connectivity index (χ1) is 9.13. The van der Waals surface area contributed by atoms with Gasteiger partial charge in [-0.15, -0.1) is 0 Å². The van der Waals surface area contributed by atoms with E-state index in [1.165, 1.54) is 17.2 Å². The van der Waals surface area contributed by atoms with Gasteiger partial charge in [0.05, 0.1) is 12.9 Å². The van der Waals surface area contributed by atoms with Crippen molar-refractivity contribution >= 4 is 17.0 Å². The number of fused-ring (bicyclic) bond motifs is 1. The lowest BCUT2D eigenvalue weighted by Crippen LogP contribution is -2.33. The van der Waals surface area contributed by atoms with Gasteiger partial charge in [0.2, 0.25) is 0 Å². The molecule has 2 aromatic rings. The summed E-state index contributed by atoms with van der Waals surface area (Å²) in [5.74, 6) is 0.218. The van der Waals surface area contributed by atoms with Crippen molar-refractivity contribution in [2.24, 2.45) is 0 Å². The van der Waals surface area contributed by atoms with E-state index in [1.807, 2.05) is 0 Å². The van der Waals surface area contributed by atoms with Crippen LogP contribution in [-0.2, 0) is 4.74 Å². The number of nitrogen functional groups attached to an aromatic ring is 1. The van der Waals surface area contributed by atoms with E-state index in [-0.39, 0.29) is 5.82 Å². The fraction of sp³-hybridized carbons (Fsp3) is 0.500. The molecule has 0 bridgehead atoms. The summed E-state index contributed by atoms with van der Waals surface area (Å²) in [6.45, 7) is -0.390. The quantitative estimate of drug-likeness (QED) is 0.491. The molecule has 3 rings (SSSR count). The summed E-state index contributed by atoms with van der Waals surface area (Å²) < 4.78 is 6.85. The third-order valence-electron chi connectivity index (χ3n) is 3.18. The van der Waals surface area contributed by atoms with Crippen LogP contribution in [0.5, 0.6) is 0 Å². The van der Waals surface area contributed by atoms with Gasteiger partial charge in [-0.3, -0.25) is 4.57 Å². The molecule has 1 fully saturated rings. The summed E-state index contributed by atoms with van der Waals surface area (Å²) >= 11 is 0. The van der Waals surface area contributed by atoms with Crippen molar-refractivity contribution in [2.75, 3.05) is 12.3 Å². The van der Waals surface area contributed by atoms with Crippen molar-refractivity contribution in [3.63, 3.8) is 0 Å². The second-order valence-corrected chi connectivity index (χ2v) is 4.31. The van der Waals surface area contributed by atoms with Crippen molar-refractivity contribution in [2.45, 2.75) is 24.5 Å². The molecule has 19 heavy (non-hydrogen) atoms. The molecule has 0 spiro atoms. The average molecular weight is 269 g/mol. The van der Waals surface area contributed by atoms with Crippen molar-refractivity contribution in [3.05, 3.63) is 12.7 Å². The fourth-order valence-corrected chi connectivity index (χ4v) is 2.17. The van der Waals surface area contributed by atoms with Crippen molar-refractivity contribution < 1.29 is 20.1 Å². The normalized spacial score (nSPS) is 31.1. The van der Waals surface area contributed by atoms with Crippen LogP contribution in [-0.4, -0.2) is 59.8 Å². The first-order valence-corrected chi connectivity index (χ1v) is 5.69. The van der Waals surface area contributed by atoms with E-state index in [9.17, 15) is 10.2 Å². The number of hydrogen-bond donors (Lipinski definition) is 4. The number of aromatic nitrogens is 4. The van der Waals surface area contributed by atoms with Crippen LogP contribution >= 0.6 is 0 Å². The first kappa shape index (κ1) is 12.2. The Bertz CT molecular complexity index is 603. The fourth-order valence-electron chi connectivity index (χ4n) is 2.17. The molecule has 0 amide bonds. The highest BCUT2D eigenvalue weighted by Gasteiger charge is 2.43. The summed E-state index contributed by atoms with van der Waals surface area (Å²) in [5, 5.41) is 28.7. The highest BCUT2D eigenvalue weighted by molar-refractivity contribution is 5.81. The van der Waals surface area contributed by atoms with Crippen molar-refractivity contribution in [1.29, 1.82) is 0 Å². The van der Waals surface area contributed by atoms with Crippen LogP contribution in [0.25, 0.3) is 11.2 Å². The zero-order valence-electron chi connectivity index (χ0n) is 9.79. The Balaban J connectivity index is 2.04. The van der Waals surface area contributed by atoms with E-state index < -0.39 is 31.1 Å². The lowest BCUT2D eigenvalue weighted by Gasteiger charge is -2.16. The molecule has 5 N–H and O–H groups in total. The zero-order valence-corrected chi connectivity index (χ0v) is 9.79. The van der Waals surface area contributed by atoms with Crippen LogP contribution in [0.4, 0.5) is 5.82 Å². The Kier molecular flexibility index (Phi) is 2.82. The van der Waals surface area contributed by atoms with E-state index >= 15 is 0 Å². The van der Waals surface area contributed by atoms with Gasteiger partial charge in [-0.1, -0.05) is 0 Å². The largest absolute Gasteiger partial charge is 0.394 e. The molecular formula is C10H13N5O4. The van der Waals surface area contributed by atoms with E-state index in [0.717, 1.165) is 0 Å². The molecular weight excluding hydrogens is 256 g/mol. The van der Waals surface area contributed by atoms with E-state index in [2.05, 4.69) is 15.0 Å². The van der Waals surface area contributed by atoms with Gasteiger partial charge in [-0.25, -0.2) is 15.0 Å². The van der Waals surface area contributed by atoms with Gasteiger partial charge in [0, 0.05) is 0 Å². The maximum absolute atomic E-state index is 9.95. The molecule has 0 unspecified atom stereocenters. The highest BCUT2D eigenvalue weighted by Crippen LogP contribution is 2.31. The minimum absolute atomic E-state index is 0.218. The van der Waals surface area contributed by atoms with Gasteiger partial charge in [-0.05, 0) is 0 Å². The standard InChI is InChI=1S/C10H13N5O4/c11-8-5-9(13-2-12-8)15(3-14-5)10-7(18)6(17)4(1-16)19-10/h2-4,6-7,10,16-18H,1H2,(H2,11,12,13)/t4-,6-,7-,10-/m1/s1/i10+2. The molecule has 1 aliphatic heterocycles. The summed E-state index contributed by atoms with van der Waals surface area (Å²) in [7, 11) is 0. The smallest absolute Gasteiger partial charge is 0.167 e. The Morgan fingerprint density at radius 3 is 2.84 bits per heavy atom. The monoisotopic (exact) mass is 269 g/mol. The van der Waals surface area contributed by atoms with Crippen LogP contribution < -0.4 is 5.73 Å². The second kappa shape index (κ2) is 4.38. The number of imidazole rings is 1. The molecule has 9 nitrogen and oxygen atoms in total. The summed E-state index contributed by atoms with van der Waals surface area (Å²) in [4.78, 5) is 11.9. The minimum Gasteiger partial charge on any atom is -0.394 e.